The van der Waals surface area contributed by atoms with E-state index in [4.69, 9.17) is 0 Å². The average molecular weight is 355 g/mol. The third-order valence-corrected chi connectivity index (χ3v) is 3.52. The standard InChI is InChI=1S/C12H10N4O2S.BrH/c17-12-15-10(14-7-8-3-2-6-19-8)9-4-1-5-13-11(9)16(12)18;/h1-6,18H,7H2,(H,14,15,17);1H. The first-order chi connectivity index (χ1) is 9.25. The second kappa shape index (κ2) is 6.02. The van der Waals surface area contributed by atoms with Gasteiger partial charge in [0.25, 0.3) is 0 Å². The second-order valence-electron chi connectivity index (χ2n) is 3.86. The van der Waals surface area contributed by atoms with Gasteiger partial charge in [-0.3, -0.25) is 0 Å². The van der Waals surface area contributed by atoms with Crippen molar-refractivity contribution in [2.75, 3.05) is 5.32 Å². The lowest BCUT2D eigenvalue weighted by Crippen LogP contribution is -2.23. The quantitative estimate of drug-likeness (QED) is 0.705. The molecule has 0 amide bonds. The molecule has 20 heavy (non-hydrogen) atoms. The molecule has 0 saturated carbocycles. The van der Waals surface area contributed by atoms with Crippen LogP contribution >= 0.6 is 28.3 Å². The number of halogens is 1. The molecule has 0 aliphatic rings. The largest absolute Gasteiger partial charge is 0.422 e. The lowest BCUT2D eigenvalue weighted by molar-refractivity contribution is 0.182. The molecule has 3 aromatic heterocycles. The van der Waals surface area contributed by atoms with Gasteiger partial charge in [-0.2, -0.15) is 4.98 Å². The molecule has 0 bridgehead atoms. The maximum absolute atomic E-state index is 11.5. The number of aromatic nitrogens is 3. The molecule has 104 valence electrons. The highest BCUT2D eigenvalue weighted by atomic mass is 79.9. The number of rotatable bonds is 3. The fraction of sp³-hybridized carbons (Fsp3) is 0.0833. The van der Waals surface area contributed by atoms with Crippen molar-refractivity contribution in [1.29, 1.82) is 0 Å². The van der Waals surface area contributed by atoms with Gasteiger partial charge in [0.15, 0.2) is 5.65 Å². The molecule has 0 saturated heterocycles. The normalized spacial score (nSPS) is 10.2. The first-order valence-electron chi connectivity index (χ1n) is 5.59. The number of nitrogens with one attached hydrogen (secondary N) is 1. The van der Waals surface area contributed by atoms with Crippen molar-refractivity contribution in [3.8, 4) is 0 Å². The van der Waals surface area contributed by atoms with Gasteiger partial charge in [0, 0.05) is 11.1 Å². The zero-order valence-corrected chi connectivity index (χ0v) is 12.7. The van der Waals surface area contributed by atoms with Crippen LogP contribution in [-0.2, 0) is 6.54 Å². The molecular weight excluding hydrogens is 344 g/mol. The Balaban J connectivity index is 0.00000147. The van der Waals surface area contributed by atoms with Crippen LogP contribution in [0.4, 0.5) is 5.82 Å². The highest BCUT2D eigenvalue weighted by Gasteiger charge is 2.10. The van der Waals surface area contributed by atoms with Crippen LogP contribution in [0, 0.1) is 0 Å². The van der Waals surface area contributed by atoms with Crippen LogP contribution in [0.25, 0.3) is 11.0 Å². The van der Waals surface area contributed by atoms with Crippen molar-refractivity contribution in [2.45, 2.75) is 6.54 Å². The zero-order chi connectivity index (χ0) is 13.2. The Labute approximate surface area is 128 Å². The summed E-state index contributed by atoms with van der Waals surface area (Å²) in [5.74, 6) is 0.423. The number of pyridine rings is 1. The van der Waals surface area contributed by atoms with Crippen molar-refractivity contribution in [1.82, 2.24) is 14.7 Å². The molecule has 0 aliphatic carbocycles. The van der Waals surface area contributed by atoms with Crippen molar-refractivity contribution in [3.63, 3.8) is 0 Å². The van der Waals surface area contributed by atoms with E-state index in [0.717, 1.165) is 4.88 Å². The van der Waals surface area contributed by atoms with E-state index in [1.54, 1.807) is 23.5 Å². The lowest BCUT2D eigenvalue weighted by Gasteiger charge is -2.08. The van der Waals surface area contributed by atoms with Crippen LogP contribution in [-0.4, -0.2) is 19.9 Å². The maximum Gasteiger partial charge on any atom is 0.384 e. The van der Waals surface area contributed by atoms with Gasteiger partial charge in [-0.05, 0) is 23.6 Å². The van der Waals surface area contributed by atoms with Crippen LogP contribution in [0.1, 0.15) is 4.88 Å². The number of hydrogen-bond acceptors (Lipinski definition) is 6. The molecule has 3 heterocycles. The van der Waals surface area contributed by atoms with E-state index < -0.39 is 5.69 Å². The Hall–Kier alpha value is -1.93. The Morgan fingerprint density at radius 2 is 2.20 bits per heavy atom. The molecule has 0 aliphatic heterocycles. The van der Waals surface area contributed by atoms with E-state index in [1.807, 2.05) is 17.5 Å². The van der Waals surface area contributed by atoms with E-state index in [2.05, 4.69) is 15.3 Å². The summed E-state index contributed by atoms with van der Waals surface area (Å²) >= 11 is 1.62. The minimum Gasteiger partial charge on any atom is -0.422 e. The zero-order valence-electron chi connectivity index (χ0n) is 10.2. The SMILES string of the molecule is Br.O=c1nc(NCc2cccs2)c2cccnc2n1O. The Morgan fingerprint density at radius 1 is 1.35 bits per heavy atom. The van der Waals surface area contributed by atoms with Gasteiger partial charge in [0.2, 0.25) is 0 Å². The first kappa shape index (κ1) is 14.5. The fourth-order valence-corrected chi connectivity index (χ4v) is 2.41. The van der Waals surface area contributed by atoms with Crippen LogP contribution in [0.15, 0.2) is 40.6 Å². The lowest BCUT2D eigenvalue weighted by atomic mass is 10.3. The minimum atomic E-state index is -0.750. The monoisotopic (exact) mass is 354 g/mol. The van der Waals surface area contributed by atoms with E-state index in [-0.39, 0.29) is 22.6 Å². The molecule has 6 nitrogen and oxygen atoms in total. The summed E-state index contributed by atoms with van der Waals surface area (Å²) in [5, 5.41) is 15.3. The summed E-state index contributed by atoms with van der Waals surface area (Å²) in [6.07, 6.45) is 1.51. The predicted molar refractivity (Wildman–Crippen MR) is 83.0 cm³/mol. The first-order valence-corrected chi connectivity index (χ1v) is 6.47. The van der Waals surface area contributed by atoms with Gasteiger partial charge < -0.3 is 10.5 Å². The molecule has 0 atom stereocenters. The highest BCUT2D eigenvalue weighted by molar-refractivity contribution is 8.93. The number of anilines is 1. The van der Waals surface area contributed by atoms with Crippen LogP contribution < -0.4 is 11.0 Å². The summed E-state index contributed by atoms with van der Waals surface area (Å²) in [5.41, 5.74) is -0.559. The Morgan fingerprint density at radius 3 is 2.95 bits per heavy atom. The molecule has 0 fully saturated rings. The smallest absolute Gasteiger partial charge is 0.384 e. The molecule has 0 unspecified atom stereocenters. The third kappa shape index (κ3) is 2.66. The second-order valence-corrected chi connectivity index (χ2v) is 4.89. The summed E-state index contributed by atoms with van der Waals surface area (Å²) in [6.45, 7) is 0.573. The molecule has 3 rings (SSSR count). The molecular formula is C12H11BrN4O2S. The van der Waals surface area contributed by atoms with Crippen LogP contribution in [0.3, 0.4) is 0 Å². The van der Waals surface area contributed by atoms with Crippen molar-refractivity contribution in [2.24, 2.45) is 0 Å². The molecule has 0 radical (unpaired) electrons. The molecule has 0 aromatic carbocycles. The Bertz CT molecular complexity index is 773. The van der Waals surface area contributed by atoms with Gasteiger partial charge in [0.1, 0.15) is 5.82 Å². The third-order valence-electron chi connectivity index (χ3n) is 2.64. The topological polar surface area (TPSA) is 80.0 Å². The molecule has 2 N–H and O–H groups in total. The molecule has 8 heteroatoms. The minimum absolute atomic E-state index is 0. The highest BCUT2D eigenvalue weighted by Crippen LogP contribution is 2.18. The predicted octanol–water partition coefficient (Wildman–Crippen LogP) is 2.28. The van der Waals surface area contributed by atoms with Gasteiger partial charge in [-0.25, -0.2) is 9.78 Å². The van der Waals surface area contributed by atoms with Crippen LogP contribution in [0.5, 0.6) is 0 Å². The van der Waals surface area contributed by atoms with Gasteiger partial charge >= 0.3 is 5.69 Å². The number of nitrogens with zero attached hydrogens (tertiary/aromatic N) is 3. The fourth-order valence-electron chi connectivity index (χ4n) is 1.76. The van der Waals surface area contributed by atoms with Crippen molar-refractivity contribution in [3.05, 3.63) is 51.2 Å². The molecule has 0 spiro atoms. The van der Waals surface area contributed by atoms with Crippen molar-refractivity contribution >= 4 is 45.2 Å². The molecule has 3 aromatic rings. The summed E-state index contributed by atoms with van der Waals surface area (Å²) < 4.78 is 0.450. The van der Waals surface area contributed by atoms with E-state index in [9.17, 15) is 10.0 Å². The summed E-state index contributed by atoms with van der Waals surface area (Å²) in [7, 11) is 0. The van der Waals surface area contributed by atoms with Gasteiger partial charge in [-0.15, -0.1) is 33.0 Å². The van der Waals surface area contributed by atoms with E-state index in [0.29, 0.717) is 22.5 Å². The maximum atomic E-state index is 11.5. The average Bonchev–Trinajstić information content (AvgIpc) is 2.95. The number of hydrogen-bond donors (Lipinski definition) is 2. The van der Waals surface area contributed by atoms with Gasteiger partial charge in [-0.1, -0.05) is 6.07 Å². The van der Waals surface area contributed by atoms with Crippen molar-refractivity contribution < 1.29 is 5.21 Å². The van der Waals surface area contributed by atoms with E-state index in [1.165, 1.54) is 6.20 Å². The summed E-state index contributed by atoms with van der Waals surface area (Å²) in [4.78, 5) is 20.5. The van der Waals surface area contributed by atoms with Gasteiger partial charge in [0.05, 0.1) is 11.9 Å². The summed E-state index contributed by atoms with van der Waals surface area (Å²) in [6, 6.07) is 7.43. The number of fused-ring (bicyclic) bond motifs is 1. The van der Waals surface area contributed by atoms with E-state index >= 15 is 0 Å². The van der Waals surface area contributed by atoms with Crippen LogP contribution in [0.2, 0.25) is 0 Å². The number of thiophene rings is 1. The Kier molecular flexibility index (Phi) is 4.35.